The minimum atomic E-state index is -0.283. The van der Waals surface area contributed by atoms with E-state index in [9.17, 15) is 0 Å². The standard InChI is InChI=1S/C13H20INO2/c1-10-4-5-13(12(14)8-10)17-7-3-6-15-9-11(2)16/h4-5,8,11,15-16H,3,6-7,9H2,1-2H3. The van der Waals surface area contributed by atoms with E-state index >= 15 is 0 Å². The van der Waals surface area contributed by atoms with Crippen molar-refractivity contribution in [2.45, 2.75) is 26.4 Å². The number of halogens is 1. The molecular weight excluding hydrogens is 329 g/mol. The molecule has 0 saturated carbocycles. The topological polar surface area (TPSA) is 41.5 Å². The monoisotopic (exact) mass is 349 g/mol. The van der Waals surface area contributed by atoms with Crippen LogP contribution in [-0.4, -0.2) is 30.9 Å². The van der Waals surface area contributed by atoms with Gasteiger partial charge in [0.05, 0.1) is 16.3 Å². The first-order valence-corrected chi connectivity index (χ1v) is 6.95. The van der Waals surface area contributed by atoms with E-state index in [4.69, 9.17) is 9.84 Å². The maximum absolute atomic E-state index is 9.05. The van der Waals surface area contributed by atoms with Gasteiger partial charge in [-0.3, -0.25) is 0 Å². The highest BCUT2D eigenvalue weighted by Gasteiger charge is 2.00. The molecule has 96 valence electrons. The third kappa shape index (κ3) is 6.24. The molecule has 0 spiro atoms. The van der Waals surface area contributed by atoms with Gasteiger partial charge in [-0.1, -0.05) is 6.07 Å². The summed E-state index contributed by atoms with van der Waals surface area (Å²) in [6.45, 7) is 6.06. The van der Waals surface area contributed by atoms with E-state index in [0.29, 0.717) is 13.2 Å². The number of benzene rings is 1. The lowest BCUT2D eigenvalue weighted by Crippen LogP contribution is -2.26. The molecule has 0 aliphatic heterocycles. The van der Waals surface area contributed by atoms with Gasteiger partial charge in [-0.25, -0.2) is 0 Å². The van der Waals surface area contributed by atoms with Crippen molar-refractivity contribution in [3.05, 3.63) is 27.3 Å². The molecule has 17 heavy (non-hydrogen) atoms. The maximum atomic E-state index is 9.05. The van der Waals surface area contributed by atoms with E-state index in [-0.39, 0.29) is 6.10 Å². The molecule has 1 rings (SSSR count). The first kappa shape index (κ1) is 14.7. The Hall–Kier alpha value is -0.330. The lowest BCUT2D eigenvalue weighted by atomic mass is 10.2. The van der Waals surface area contributed by atoms with Gasteiger partial charge in [-0.05, 0) is 67.1 Å². The van der Waals surface area contributed by atoms with Crippen LogP contribution in [0.5, 0.6) is 5.75 Å². The summed E-state index contributed by atoms with van der Waals surface area (Å²) in [6, 6.07) is 6.19. The maximum Gasteiger partial charge on any atom is 0.132 e. The van der Waals surface area contributed by atoms with E-state index in [1.807, 2.05) is 6.07 Å². The number of hydrogen-bond donors (Lipinski definition) is 2. The molecule has 1 aromatic carbocycles. The van der Waals surface area contributed by atoms with Crippen LogP contribution in [0.1, 0.15) is 18.9 Å². The summed E-state index contributed by atoms with van der Waals surface area (Å²) in [4.78, 5) is 0. The second-order valence-electron chi connectivity index (χ2n) is 4.19. The highest BCUT2D eigenvalue weighted by Crippen LogP contribution is 2.21. The van der Waals surface area contributed by atoms with Crippen LogP contribution >= 0.6 is 22.6 Å². The predicted molar refractivity (Wildman–Crippen MR) is 78.6 cm³/mol. The zero-order chi connectivity index (χ0) is 12.7. The Kier molecular flexibility index (Phi) is 6.84. The van der Waals surface area contributed by atoms with Crippen LogP contribution in [0.25, 0.3) is 0 Å². The van der Waals surface area contributed by atoms with E-state index in [2.05, 4.69) is 47.0 Å². The van der Waals surface area contributed by atoms with Gasteiger partial charge in [0.1, 0.15) is 5.75 Å². The summed E-state index contributed by atoms with van der Waals surface area (Å²) in [5, 5.41) is 12.2. The molecule has 0 amide bonds. The van der Waals surface area contributed by atoms with Crippen molar-refractivity contribution in [3.8, 4) is 5.75 Å². The van der Waals surface area contributed by atoms with Crippen molar-refractivity contribution >= 4 is 22.6 Å². The lowest BCUT2D eigenvalue weighted by molar-refractivity contribution is 0.190. The average molecular weight is 349 g/mol. The van der Waals surface area contributed by atoms with Gasteiger partial charge in [0, 0.05) is 6.54 Å². The molecule has 0 aliphatic carbocycles. The van der Waals surface area contributed by atoms with Gasteiger partial charge < -0.3 is 15.2 Å². The highest BCUT2D eigenvalue weighted by atomic mass is 127. The second kappa shape index (κ2) is 7.89. The third-order valence-corrected chi connectivity index (χ3v) is 3.13. The molecule has 0 aromatic heterocycles. The van der Waals surface area contributed by atoms with Crippen LogP contribution in [0.15, 0.2) is 18.2 Å². The summed E-state index contributed by atoms with van der Waals surface area (Å²) < 4.78 is 6.84. The SMILES string of the molecule is Cc1ccc(OCCCNCC(C)O)c(I)c1. The lowest BCUT2D eigenvalue weighted by Gasteiger charge is -2.10. The second-order valence-corrected chi connectivity index (χ2v) is 5.35. The van der Waals surface area contributed by atoms with Crippen LogP contribution < -0.4 is 10.1 Å². The van der Waals surface area contributed by atoms with E-state index in [0.717, 1.165) is 22.3 Å². The Labute approximate surface area is 117 Å². The van der Waals surface area contributed by atoms with Crippen molar-refractivity contribution in [1.82, 2.24) is 5.32 Å². The van der Waals surface area contributed by atoms with Gasteiger partial charge in [-0.2, -0.15) is 0 Å². The zero-order valence-electron chi connectivity index (χ0n) is 10.4. The summed E-state index contributed by atoms with van der Waals surface area (Å²) in [6.07, 6.45) is 0.658. The van der Waals surface area contributed by atoms with Gasteiger partial charge in [0.2, 0.25) is 0 Å². The van der Waals surface area contributed by atoms with Crippen LogP contribution in [0, 0.1) is 10.5 Å². The first-order valence-electron chi connectivity index (χ1n) is 5.87. The fourth-order valence-electron chi connectivity index (χ4n) is 1.41. The van der Waals surface area contributed by atoms with Crippen LogP contribution in [0.2, 0.25) is 0 Å². The Bertz CT molecular complexity index is 342. The fraction of sp³-hybridized carbons (Fsp3) is 0.538. The summed E-state index contributed by atoms with van der Waals surface area (Å²) in [7, 11) is 0. The molecule has 0 saturated heterocycles. The normalized spacial score (nSPS) is 12.5. The zero-order valence-corrected chi connectivity index (χ0v) is 12.5. The molecule has 1 unspecified atom stereocenters. The number of ether oxygens (including phenoxy) is 1. The van der Waals surface area contributed by atoms with Crippen LogP contribution in [0.3, 0.4) is 0 Å². The van der Waals surface area contributed by atoms with E-state index in [1.165, 1.54) is 5.56 Å². The van der Waals surface area contributed by atoms with E-state index in [1.54, 1.807) is 6.92 Å². The van der Waals surface area contributed by atoms with Gasteiger partial charge in [0.25, 0.3) is 0 Å². The molecule has 0 bridgehead atoms. The largest absolute Gasteiger partial charge is 0.492 e. The molecule has 3 nitrogen and oxygen atoms in total. The van der Waals surface area contributed by atoms with Gasteiger partial charge in [-0.15, -0.1) is 0 Å². The van der Waals surface area contributed by atoms with Crippen molar-refractivity contribution in [1.29, 1.82) is 0 Å². The highest BCUT2D eigenvalue weighted by molar-refractivity contribution is 14.1. The van der Waals surface area contributed by atoms with Crippen molar-refractivity contribution in [3.63, 3.8) is 0 Å². The van der Waals surface area contributed by atoms with Crippen LogP contribution in [-0.2, 0) is 0 Å². The van der Waals surface area contributed by atoms with Crippen molar-refractivity contribution in [2.24, 2.45) is 0 Å². The number of aryl methyl sites for hydroxylation is 1. The smallest absolute Gasteiger partial charge is 0.132 e. The molecule has 4 heteroatoms. The van der Waals surface area contributed by atoms with Crippen molar-refractivity contribution in [2.75, 3.05) is 19.7 Å². The minimum absolute atomic E-state index is 0.283. The minimum Gasteiger partial charge on any atom is -0.492 e. The Morgan fingerprint density at radius 3 is 2.88 bits per heavy atom. The average Bonchev–Trinajstić information content (AvgIpc) is 2.25. The predicted octanol–water partition coefficient (Wildman–Crippen LogP) is 2.34. The van der Waals surface area contributed by atoms with Crippen LogP contribution in [0.4, 0.5) is 0 Å². The number of aliphatic hydroxyl groups excluding tert-OH is 1. The van der Waals surface area contributed by atoms with Gasteiger partial charge in [0.15, 0.2) is 0 Å². The Balaban J connectivity index is 2.18. The summed E-state index contributed by atoms with van der Waals surface area (Å²) >= 11 is 2.29. The summed E-state index contributed by atoms with van der Waals surface area (Å²) in [5.41, 5.74) is 1.25. The molecule has 0 fully saturated rings. The quantitative estimate of drug-likeness (QED) is 0.587. The Morgan fingerprint density at radius 1 is 1.47 bits per heavy atom. The number of rotatable bonds is 7. The molecule has 0 heterocycles. The molecular formula is C13H20INO2. The molecule has 0 radical (unpaired) electrons. The number of aliphatic hydroxyl groups is 1. The molecule has 1 atom stereocenters. The summed E-state index contributed by atoms with van der Waals surface area (Å²) in [5.74, 6) is 0.951. The van der Waals surface area contributed by atoms with Gasteiger partial charge >= 0.3 is 0 Å². The van der Waals surface area contributed by atoms with E-state index < -0.39 is 0 Å². The number of hydrogen-bond acceptors (Lipinski definition) is 3. The Morgan fingerprint density at radius 2 is 2.24 bits per heavy atom. The fourth-order valence-corrected chi connectivity index (χ4v) is 2.24. The third-order valence-electron chi connectivity index (χ3n) is 2.28. The first-order chi connectivity index (χ1) is 8.09. The van der Waals surface area contributed by atoms with Crippen molar-refractivity contribution < 1.29 is 9.84 Å². The molecule has 1 aromatic rings. The molecule has 2 N–H and O–H groups in total. The molecule has 0 aliphatic rings. The number of nitrogens with one attached hydrogen (secondary N) is 1.